The molecule has 326 valence electrons. The fourth-order valence-electron chi connectivity index (χ4n) is 7.80. The standard InChI is InChI=1S/C43H44N10O7S3/c1-41(2,3)59-38(58)42(21-13-14-22-42)60-49-31(34(54)46-32-35(55)52-33(37(56)57)26(23-61-36(32)52)24-63-40-48-50-51-53(40)44)30-25-62-39(45-30)47-43(27-15-7-4-8-16-27,28-17-9-5-10-18-28)29-19-11-6-12-20-29/h4-12,15-20,25,32,36H,13-14,21-24,44H2,1-3H3,(H,45,47)(H,46,54)(H,56,57)/b49-31+/t32-,36-/m1/s1. The smallest absolute Gasteiger partial charge is 0.353 e. The number of nitrogen functional groups attached to an aromatic ring is 1. The van der Waals surface area contributed by atoms with Crippen molar-refractivity contribution in [3.8, 4) is 0 Å². The van der Waals surface area contributed by atoms with Crippen LogP contribution in [-0.4, -0.2) is 98.9 Å². The van der Waals surface area contributed by atoms with E-state index >= 15 is 0 Å². The van der Waals surface area contributed by atoms with Gasteiger partial charge in [0, 0.05) is 29.7 Å². The zero-order chi connectivity index (χ0) is 44.4. The van der Waals surface area contributed by atoms with E-state index in [2.05, 4.69) is 31.3 Å². The number of anilines is 1. The van der Waals surface area contributed by atoms with Crippen molar-refractivity contribution in [1.82, 2.24) is 35.5 Å². The number of oxime groups is 1. The summed E-state index contributed by atoms with van der Waals surface area (Å²) in [6.07, 6.45) is 1.99. The Bertz CT molecular complexity index is 2460. The maximum atomic E-state index is 14.5. The Labute approximate surface area is 374 Å². The predicted molar refractivity (Wildman–Crippen MR) is 238 cm³/mol. The molecule has 1 aliphatic carbocycles. The summed E-state index contributed by atoms with van der Waals surface area (Å²) in [4.78, 5) is 67.8. The number of ether oxygens (including phenoxy) is 1. The normalized spacial score (nSPS) is 18.6. The maximum Gasteiger partial charge on any atom is 0.353 e. The number of tetrazole rings is 1. The third-order valence-corrected chi connectivity index (χ3v) is 13.9. The number of thioether (sulfide) groups is 2. The van der Waals surface area contributed by atoms with Crippen molar-refractivity contribution in [3.63, 3.8) is 0 Å². The van der Waals surface area contributed by atoms with Gasteiger partial charge in [0.15, 0.2) is 10.8 Å². The van der Waals surface area contributed by atoms with Crippen LogP contribution in [0.3, 0.4) is 0 Å². The Morgan fingerprint density at radius 1 is 0.968 bits per heavy atom. The van der Waals surface area contributed by atoms with Crippen LogP contribution in [-0.2, 0) is 34.3 Å². The molecule has 0 spiro atoms. The van der Waals surface area contributed by atoms with Crippen LogP contribution in [0.2, 0.25) is 0 Å². The Kier molecular flexibility index (Phi) is 12.3. The predicted octanol–water partition coefficient (Wildman–Crippen LogP) is 5.15. The molecule has 4 heterocycles. The molecular weight excluding hydrogens is 865 g/mol. The van der Waals surface area contributed by atoms with E-state index in [1.807, 2.05) is 91.0 Å². The second kappa shape index (κ2) is 17.9. The summed E-state index contributed by atoms with van der Waals surface area (Å²) in [6.45, 7) is 5.29. The van der Waals surface area contributed by atoms with Crippen molar-refractivity contribution in [2.24, 2.45) is 5.16 Å². The van der Waals surface area contributed by atoms with Crippen LogP contribution < -0.4 is 16.5 Å². The number of nitrogens with zero attached hydrogens (tertiary/aromatic N) is 7. The van der Waals surface area contributed by atoms with Gasteiger partial charge in [0.25, 0.3) is 11.8 Å². The molecule has 63 heavy (non-hydrogen) atoms. The minimum absolute atomic E-state index is 0.119. The average Bonchev–Trinajstić information content (AvgIpc) is 4.06. The van der Waals surface area contributed by atoms with Crippen LogP contribution in [0.15, 0.2) is 118 Å². The molecule has 2 aliphatic heterocycles. The minimum Gasteiger partial charge on any atom is -0.477 e. The average molecular weight is 909 g/mol. The molecule has 17 nitrogen and oxygen atoms in total. The lowest BCUT2D eigenvalue weighted by molar-refractivity contribution is -0.183. The molecule has 0 bridgehead atoms. The number of benzene rings is 3. The number of esters is 1. The molecule has 0 radical (unpaired) electrons. The number of aliphatic carboxylic acids is 1. The first-order valence-electron chi connectivity index (χ1n) is 20.1. The number of nitrogens with one attached hydrogen (secondary N) is 2. The van der Waals surface area contributed by atoms with Crippen LogP contribution in [0.1, 0.15) is 68.8 Å². The van der Waals surface area contributed by atoms with Gasteiger partial charge in [-0.2, -0.15) is 0 Å². The number of β-lactam (4-membered cyclic amide) rings is 1. The number of carboxylic acids is 1. The van der Waals surface area contributed by atoms with Gasteiger partial charge in [-0.25, -0.2) is 14.6 Å². The number of carbonyl (C=O) groups is 4. The van der Waals surface area contributed by atoms with Gasteiger partial charge in [0.2, 0.25) is 10.8 Å². The zero-order valence-corrected chi connectivity index (χ0v) is 36.9. The van der Waals surface area contributed by atoms with Crippen molar-refractivity contribution in [2.45, 2.75) is 79.8 Å². The lowest BCUT2D eigenvalue weighted by atomic mass is 9.77. The molecule has 2 atom stereocenters. The highest BCUT2D eigenvalue weighted by Crippen LogP contribution is 2.43. The highest BCUT2D eigenvalue weighted by molar-refractivity contribution is 8.01. The number of rotatable bonds is 15. The van der Waals surface area contributed by atoms with Gasteiger partial charge in [-0.1, -0.05) is 113 Å². The summed E-state index contributed by atoms with van der Waals surface area (Å²) >= 11 is 3.67. The van der Waals surface area contributed by atoms with E-state index in [1.54, 1.807) is 26.2 Å². The van der Waals surface area contributed by atoms with Crippen LogP contribution in [0.4, 0.5) is 5.13 Å². The number of hydrogen-bond acceptors (Lipinski definition) is 16. The fraction of sp³-hybridized carbons (Fsp3) is 0.326. The molecule has 5 N–H and O–H groups in total. The third kappa shape index (κ3) is 8.74. The molecule has 1 saturated carbocycles. The molecule has 3 aliphatic rings. The first-order valence-corrected chi connectivity index (χ1v) is 23.0. The summed E-state index contributed by atoms with van der Waals surface area (Å²) in [5.41, 5.74) is -0.273. The number of hydrogen-bond donors (Lipinski definition) is 4. The number of carboxylic acid groups (broad SMARTS) is 1. The molecule has 20 heteroatoms. The minimum atomic E-state index is -1.45. The molecule has 0 unspecified atom stereocenters. The van der Waals surface area contributed by atoms with E-state index in [-0.39, 0.29) is 33.8 Å². The Morgan fingerprint density at radius 2 is 1.57 bits per heavy atom. The van der Waals surface area contributed by atoms with Gasteiger partial charge < -0.3 is 31.2 Å². The second-order valence-electron chi connectivity index (χ2n) is 16.1. The number of thiazole rings is 1. The van der Waals surface area contributed by atoms with Gasteiger partial charge in [0.1, 0.15) is 33.9 Å². The molecule has 5 aromatic rings. The molecule has 8 rings (SSSR count). The van der Waals surface area contributed by atoms with E-state index in [1.165, 1.54) is 28.0 Å². The monoisotopic (exact) mass is 908 g/mol. The van der Waals surface area contributed by atoms with Crippen LogP contribution >= 0.6 is 34.9 Å². The second-order valence-corrected chi connectivity index (χ2v) is 19.0. The lowest BCUT2D eigenvalue weighted by Crippen LogP contribution is -2.71. The van der Waals surface area contributed by atoms with Crippen molar-refractivity contribution >= 4 is 69.5 Å². The molecule has 2 amide bonds. The summed E-state index contributed by atoms with van der Waals surface area (Å²) in [7, 11) is 0. The first kappa shape index (κ1) is 43.4. The largest absolute Gasteiger partial charge is 0.477 e. The Hall–Kier alpha value is -6.25. The van der Waals surface area contributed by atoms with E-state index in [9.17, 15) is 24.3 Å². The summed E-state index contributed by atoms with van der Waals surface area (Å²) in [5.74, 6) is 2.83. The number of amides is 2. The highest BCUT2D eigenvalue weighted by atomic mass is 32.2. The quantitative estimate of drug-likeness (QED) is 0.0203. The molecule has 2 fully saturated rings. The maximum absolute atomic E-state index is 14.5. The lowest BCUT2D eigenvalue weighted by Gasteiger charge is -2.49. The molecule has 3 aromatic carbocycles. The third-order valence-electron chi connectivity index (χ3n) is 10.7. The van der Waals surface area contributed by atoms with Crippen molar-refractivity contribution in [3.05, 3.63) is 130 Å². The Morgan fingerprint density at radius 3 is 2.11 bits per heavy atom. The fourth-order valence-corrected chi connectivity index (χ4v) is 10.8. The van der Waals surface area contributed by atoms with Gasteiger partial charge >= 0.3 is 11.9 Å². The number of carbonyl (C=O) groups excluding carboxylic acids is 3. The van der Waals surface area contributed by atoms with Crippen molar-refractivity contribution in [2.75, 3.05) is 22.7 Å². The van der Waals surface area contributed by atoms with Crippen molar-refractivity contribution in [1.29, 1.82) is 0 Å². The SMILES string of the molecule is CC(C)(C)OC(=O)C1(O/N=C(/C(=O)N[C@@H]2C(=O)N3C(C(=O)O)=C(CSc4nnnn4N)CS[C@H]23)c2csc(NC(c3ccccc3)(c3ccccc3)c3ccccc3)n2)CCCC1. The van der Waals surface area contributed by atoms with E-state index in [0.717, 1.165) is 33.2 Å². The number of nitrogens with two attached hydrogens (primary N) is 1. The molecule has 1 saturated heterocycles. The van der Waals surface area contributed by atoms with Crippen molar-refractivity contribution < 1.29 is 33.9 Å². The number of fused-ring (bicyclic) bond motifs is 1. The summed E-state index contributed by atoms with van der Waals surface area (Å²) in [5, 5.41) is 33.7. The van der Waals surface area contributed by atoms with Gasteiger partial charge in [-0.05, 0) is 66.3 Å². The van der Waals surface area contributed by atoms with Crippen LogP contribution in [0, 0.1) is 0 Å². The zero-order valence-electron chi connectivity index (χ0n) is 34.5. The topological polar surface area (TPSA) is 229 Å². The van der Waals surface area contributed by atoms with Gasteiger partial charge in [0.05, 0.1) is 0 Å². The van der Waals surface area contributed by atoms with Crippen LogP contribution in [0.5, 0.6) is 0 Å². The first-order chi connectivity index (χ1) is 30.3. The van der Waals surface area contributed by atoms with Gasteiger partial charge in [-0.3, -0.25) is 14.5 Å². The summed E-state index contributed by atoms with van der Waals surface area (Å²) in [6, 6.07) is 28.8. The summed E-state index contributed by atoms with van der Waals surface area (Å²) < 4.78 is 5.77. The van der Waals surface area contributed by atoms with Crippen LogP contribution in [0.25, 0.3) is 0 Å². The van der Waals surface area contributed by atoms with Gasteiger partial charge in [-0.15, -0.1) is 27.9 Å². The number of aromatic nitrogens is 5. The highest BCUT2D eigenvalue weighted by Gasteiger charge is 2.55. The van der Waals surface area contributed by atoms with E-state index < -0.39 is 51.9 Å². The molecular formula is C43H44N10O7S3. The molecule has 2 aromatic heterocycles. The Balaban J connectivity index is 1.13. The van der Waals surface area contributed by atoms with E-state index in [0.29, 0.717) is 36.4 Å². The van der Waals surface area contributed by atoms with E-state index in [4.69, 9.17) is 20.4 Å².